The second-order valence-corrected chi connectivity index (χ2v) is 3.73. The molecule has 0 rings (SSSR count). The van der Waals surface area contributed by atoms with Gasteiger partial charge in [0.15, 0.2) is 6.10 Å². The molecule has 1 atom stereocenters. The van der Waals surface area contributed by atoms with Gasteiger partial charge in [-0.25, -0.2) is 8.98 Å². The summed E-state index contributed by atoms with van der Waals surface area (Å²) in [5, 5.41) is 0. The monoisotopic (exact) mass is 236 g/mol. The molecule has 0 aromatic rings. The van der Waals surface area contributed by atoms with Crippen LogP contribution in [0.2, 0.25) is 0 Å². The van der Waals surface area contributed by atoms with Crippen molar-refractivity contribution in [1.29, 1.82) is 0 Å². The third-order valence-corrected chi connectivity index (χ3v) is 2.20. The number of methoxy groups -OCH3 is 1. The van der Waals surface area contributed by atoms with E-state index in [9.17, 15) is 26.4 Å². The van der Waals surface area contributed by atoms with Gasteiger partial charge in [0.25, 0.3) is 0 Å². The highest BCUT2D eigenvalue weighted by atomic mass is 32.2. The predicted molar refractivity (Wildman–Crippen MR) is 37.5 cm³/mol. The molecule has 5 nitrogen and oxygen atoms in total. The average molecular weight is 236 g/mol. The molecule has 0 saturated heterocycles. The molecule has 9 heteroatoms. The average Bonchev–Trinajstić information content (AvgIpc) is 2.00. The molecule has 0 saturated carbocycles. The first-order valence-corrected chi connectivity index (χ1v) is 4.60. The fourth-order valence-electron chi connectivity index (χ4n) is 0.450. The summed E-state index contributed by atoms with van der Waals surface area (Å²) >= 11 is 0. The molecule has 0 spiro atoms. The Bertz CT molecular complexity index is 306. The second-order valence-electron chi connectivity index (χ2n) is 2.16. The SMILES string of the molecule is COC(=O)C(C)OS(=O)(=O)C(F)(F)F. The van der Waals surface area contributed by atoms with Crippen molar-refractivity contribution in [2.45, 2.75) is 18.5 Å². The van der Waals surface area contributed by atoms with Crippen molar-refractivity contribution in [3.63, 3.8) is 0 Å². The van der Waals surface area contributed by atoms with Gasteiger partial charge < -0.3 is 4.74 Å². The molecule has 0 amide bonds. The minimum absolute atomic E-state index is 0.828. The summed E-state index contributed by atoms with van der Waals surface area (Å²) in [5.41, 5.74) is -5.55. The van der Waals surface area contributed by atoms with Gasteiger partial charge in [0.1, 0.15) is 0 Å². The van der Waals surface area contributed by atoms with Gasteiger partial charge in [-0.05, 0) is 6.92 Å². The molecule has 0 N–H and O–H groups in total. The zero-order chi connectivity index (χ0) is 11.6. The third-order valence-electron chi connectivity index (χ3n) is 1.09. The maximum absolute atomic E-state index is 11.7. The smallest absolute Gasteiger partial charge is 0.467 e. The normalized spacial score (nSPS) is 14.9. The van der Waals surface area contributed by atoms with Crippen molar-refractivity contribution in [2.24, 2.45) is 0 Å². The summed E-state index contributed by atoms with van der Waals surface area (Å²) < 4.78 is 63.2. The third kappa shape index (κ3) is 3.14. The molecule has 0 aliphatic carbocycles. The quantitative estimate of drug-likeness (QED) is 0.403. The molecule has 1 unspecified atom stereocenters. The van der Waals surface area contributed by atoms with Crippen LogP contribution in [-0.4, -0.2) is 33.1 Å². The zero-order valence-electron chi connectivity index (χ0n) is 7.16. The number of carbonyl (C=O) groups is 1. The van der Waals surface area contributed by atoms with Crippen LogP contribution in [0, 0.1) is 0 Å². The first kappa shape index (κ1) is 13.2. The van der Waals surface area contributed by atoms with E-state index in [1.807, 2.05) is 0 Å². The lowest BCUT2D eigenvalue weighted by atomic mass is 10.4. The lowest BCUT2D eigenvalue weighted by Gasteiger charge is -2.12. The first-order valence-electron chi connectivity index (χ1n) is 3.19. The number of halogens is 3. The van der Waals surface area contributed by atoms with Crippen molar-refractivity contribution >= 4 is 16.1 Å². The van der Waals surface area contributed by atoms with Crippen molar-refractivity contribution in [3.8, 4) is 0 Å². The number of esters is 1. The Labute approximate surface area is 77.9 Å². The fourth-order valence-corrected chi connectivity index (χ4v) is 1.02. The van der Waals surface area contributed by atoms with Gasteiger partial charge in [-0.3, -0.25) is 0 Å². The topological polar surface area (TPSA) is 69.7 Å². The summed E-state index contributed by atoms with van der Waals surface area (Å²) in [6, 6.07) is 0. The first-order chi connectivity index (χ1) is 6.12. The van der Waals surface area contributed by atoms with Crippen LogP contribution in [0.15, 0.2) is 0 Å². The largest absolute Gasteiger partial charge is 0.523 e. The minimum Gasteiger partial charge on any atom is -0.467 e. The molecule has 84 valence electrons. The molecule has 0 aromatic carbocycles. The van der Waals surface area contributed by atoms with Crippen LogP contribution >= 0.6 is 0 Å². The fraction of sp³-hybridized carbons (Fsp3) is 0.800. The summed E-state index contributed by atoms with van der Waals surface area (Å²) in [6.07, 6.45) is -1.83. The molecule has 0 heterocycles. The minimum atomic E-state index is -5.75. The second kappa shape index (κ2) is 4.13. The molecule has 0 aliphatic heterocycles. The van der Waals surface area contributed by atoms with Crippen LogP contribution in [-0.2, 0) is 23.8 Å². The lowest BCUT2D eigenvalue weighted by Crippen LogP contribution is -2.33. The number of rotatable bonds is 3. The molecule has 0 bridgehead atoms. The maximum Gasteiger partial charge on any atom is 0.523 e. The maximum atomic E-state index is 11.7. The Morgan fingerprint density at radius 3 is 2.07 bits per heavy atom. The molecule has 14 heavy (non-hydrogen) atoms. The molecular formula is C5H7F3O5S. The van der Waals surface area contributed by atoms with Gasteiger partial charge in [0.2, 0.25) is 0 Å². The summed E-state index contributed by atoms with van der Waals surface area (Å²) in [5.74, 6) is -1.21. The van der Waals surface area contributed by atoms with Crippen molar-refractivity contribution in [1.82, 2.24) is 0 Å². The standard InChI is InChI=1S/C5H7F3O5S/c1-3(4(9)12-2)13-14(10,11)5(6,7)8/h3H,1-2H3. The van der Waals surface area contributed by atoms with E-state index >= 15 is 0 Å². The molecule has 0 radical (unpaired) electrons. The highest BCUT2D eigenvalue weighted by Crippen LogP contribution is 2.25. The van der Waals surface area contributed by atoms with Gasteiger partial charge in [-0.15, -0.1) is 0 Å². The van der Waals surface area contributed by atoms with Crippen molar-refractivity contribution < 1.29 is 35.3 Å². The number of ether oxygens (including phenoxy) is 1. The van der Waals surface area contributed by atoms with Crippen LogP contribution in [0.1, 0.15) is 6.92 Å². The van der Waals surface area contributed by atoms with Gasteiger partial charge >= 0.3 is 21.6 Å². The van der Waals surface area contributed by atoms with Crippen molar-refractivity contribution in [3.05, 3.63) is 0 Å². The molecule has 0 aliphatic rings. The van der Waals surface area contributed by atoms with E-state index in [-0.39, 0.29) is 0 Å². The predicted octanol–water partition coefficient (Wildman–Crippen LogP) is 0.414. The van der Waals surface area contributed by atoms with Gasteiger partial charge in [0, 0.05) is 0 Å². The Hall–Kier alpha value is -0.830. The van der Waals surface area contributed by atoms with Crippen LogP contribution in [0.3, 0.4) is 0 Å². The van der Waals surface area contributed by atoms with E-state index in [1.54, 1.807) is 0 Å². The number of hydrogen-bond donors (Lipinski definition) is 0. The highest BCUT2D eigenvalue weighted by molar-refractivity contribution is 7.87. The van der Waals surface area contributed by atoms with E-state index in [1.165, 1.54) is 0 Å². The molecular weight excluding hydrogens is 229 g/mol. The van der Waals surface area contributed by atoms with Crippen LogP contribution in [0.5, 0.6) is 0 Å². The van der Waals surface area contributed by atoms with E-state index in [4.69, 9.17) is 0 Å². The highest BCUT2D eigenvalue weighted by Gasteiger charge is 2.49. The lowest BCUT2D eigenvalue weighted by molar-refractivity contribution is -0.148. The van der Waals surface area contributed by atoms with Gasteiger partial charge in [-0.1, -0.05) is 0 Å². The van der Waals surface area contributed by atoms with E-state index < -0.39 is 27.7 Å². The Morgan fingerprint density at radius 2 is 1.79 bits per heavy atom. The Morgan fingerprint density at radius 1 is 1.36 bits per heavy atom. The molecule has 0 aromatic heterocycles. The number of alkyl halides is 3. The number of hydrogen-bond acceptors (Lipinski definition) is 5. The Balaban J connectivity index is 4.63. The van der Waals surface area contributed by atoms with Crippen LogP contribution in [0.4, 0.5) is 13.2 Å². The Kier molecular flexibility index (Phi) is 3.89. The summed E-state index contributed by atoms with van der Waals surface area (Å²) in [6.45, 7) is 0.828. The van der Waals surface area contributed by atoms with Gasteiger partial charge in [-0.2, -0.15) is 21.6 Å². The van der Waals surface area contributed by atoms with E-state index in [0.29, 0.717) is 0 Å². The van der Waals surface area contributed by atoms with E-state index in [2.05, 4.69) is 8.92 Å². The summed E-state index contributed by atoms with van der Waals surface area (Å²) in [7, 11) is -4.86. The van der Waals surface area contributed by atoms with E-state index in [0.717, 1.165) is 14.0 Å². The summed E-state index contributed by atoms with van der Waals surface area (Å²) in [4.78, 5) is 10.5. The zero-order valence-corrected chi connectivity index (χ0v) is 7.98. The molecule has 0 fully saturated rings. The van der Waals surface area contributed by atoms with Crippen molar-refractivity contribution in [2.75, 3.05) is 7.11 Å². The van der Waals surface area contributed by atoms with Crippen LogP contribution in [0.25, 0.3) is 0 Å². The van der Waals surface area contributed by atoms with Gasteiger partial charge in [0.05, 0.1) is 7.11 Å². The van der Waals surface area contributed by atoms with Crippen LogP contribution < -0.4 is 0 Å². The number of carbonyl (C=O) groups excluding carboxylic acids is 1.